The molecule has 3 aromatic rings. The van der Waals surface area contributed by atoms with Gasteiger partial charge in [0.2, 0.25) is 0 Å². The smallest absolute Gasteiger partial charge is 0.165 e. The molecule has 0 aliphatic heterocycles. The highest BCUT2D eigenvalue weighted by atomic mass is 35.5. The zero-order valence-corrected chi connectivity index (χ0v) is 15.0. The molecule has 3 aromatic heterocycles. The Bertz CT molecular complexity index is 911. The fraction of sp³-hybridized carbons (Fsp3) is 0.278. The number of aromatic amines is 1. The van der Waals surface area contributed by atoms with Gasteiger partial charge in [-0.2, -0.15) is 0 Å². The van der Waals surface area contributed by atoms with Crippen LogP contribution in [0.15, 0.2) is 29.9 Å². The van der Waals surface area contributed by atoms with E-state index in [0.29, 0.717) is 11.4 Å². The van der Waals surface area contributed by atoms with E-state index in [4.69, 9.17) is 11.6 Å². The summed E-state index contributed by atoms with van der Waals surface area (Å²) in [6, 6.07) is 3.67. The van der Waals surface area contributed by atoms with Crippen LogP contribution < -0.4 is 0 Å². The Morgan fingerprint density at radius 1 is 1.21 bits per heavy atom. The second-order valence-corrected chi connectivity index (χ2v) is 8.20. The highest BCUT2D eigenvalue weighted by Crippen LogP contribution is 2.43. The number of halogens is 1. The number of rotatable bonds is 2. The van der Waals surface area contributed by atoms with E-state index in [1.807, 2.05) is 11.4 Å². The molecule has 0 spiro atoms. The summed E-state index contributed by atoms with van der Waals surface area (Å²) in [7, 11) is 0. The lowest BCUT2D eigenvalue weighted by Gasteiger charge is -2.28. The van der Waals surface area contributed by atoms with Crippen LogP contribution in [-0.2, 0) is 6.42 Å². The van der Waals surface area contributed by atoms with Gasteiger partial charge in [0, 0.05) is 41.0 Å². The van der Waals surface area contributed by atoms with Crippen molar-refractivity contribution in [3.8, 4) is 22.0 Å². The molecular weight excluding hydrogens is 342 g/mol. The van der Waals surface area contributed by atoms with Crippen LogP contribution >= 0.6 is 22.9 Å². The van der Waals surface area contributed by atoms with E-state index in [0.717, 1.165) is 39.6 Å². The summed E-state index contributed by atoms with van der Waals surface area (Å²) in [6.07, 6.45) is 4.76. The first-order valence-corrected chi connectivity index (χ1v) is 9.00. The zero-order chi connectivity index (χ0) is 16.9. The Balaban J connectivity index is 1.97. The lowest BCUT2D eigenvalue weighted by Crippen LogP contribution is -2.26. The SMILES string of the molecule is CC1(C)CC(=O)c2c([nH]c(-c3ccc(Cl)cn3)c2-c2nccs2)C1. The number of nitrogens with one attached hydrogen (secondary N) is 1. The number of fused-ring (bicyclic) bond motifs is 1. The highest BCUT2D eigenvalue weighted by Gasteiger charge is 2.36. The molecule has 0 bridgehead atoms. The molecule has 4 nitrogen and oxygen atoms in total. The van der Waals surface area contributed by atoms with E-state index in [-0.39, 0.29) is 11.2 Å². The molecule has 0 amide bonds. The summed E-state index contributed by atoms with van der Waals surface area (Å²) in [5.41, 5.74) is 4.20. The number of Topliss-reactive ketones (excluding diaryl/α,β-unsaturated/α-hetero) is 1. The van der Waals surface area contributed by atoms with Crippen LogP contribution in [0.5, 0.6) is 0 Å². The van der Waals surface area contributed by atoms with Gasteiger partial charge in [0.15, 0.2) is 5.78 Å². The van der Waals surface area contributed by atoms with E-state index in [1.165, 1.54) is 11.3 Å². The van der Waals surface area contributed by atoms with Crippen molar-refractivity contribution < 1.29 is 4.79 Å². The number of pyridine rings is 1. The minimum atomic E-state index is -0.0419. The predicted molar refractivity (Wildman–Crippen MR) is 96.6 cm³/mol. The van der Waals surface area contributed by atoms with Gasteiger partial charge in [0.25, 0.3) is 0 Å². The molecule has 0 saturated heterocycles. The van der Waals surface area contributed by atoms with E-state index in [9.17, 15) is 4.79 Å². The average molecular weight is 358 g/mol. The third-order valence-electron chi connectivity index (χ3n) is 4.28. The van der Waals surface area contributed by atoms with Gasteiger partial charge in [0.05, 0.1) is 16.4 Å². The monoisotopic (exact) mass is 357 g/mol. The molecule has 0 atom stereocenters. The molecule has 24 heavy (non-hydrogen) atoms. The van der Waals surface area contributed by atoms with Gasteiger partial charge < -0.3 is 4.98 Å². The zero-order valence-electron chi connectivity index (χ0n) is 13.4. The van der Waals surface area contributed by atoms with Crippen molar-refractivity contribution in [2.24, 2.45) is 5.41 Å². The minimum Gasteiger partial charge on any atom is -0.356 e. The second-order valence-electron chi connectivity index (χ2n) is 6.87. The van der Waals surface area contributed by atoms with Crippen molar-refractivity contribution in [2.75, 3.05) is 0 Å². The van der Waals surface area contributed by atoms with Crippen molar-refractivity contribution in [3.63, 3.8) is 0 Å². The number of carbonyl (C=O) groups is 1. The molecule has 0 aromatic carbocycles. The summed E-state index contributed by atoms with van der Waals surface area (Å²) in [6.45, 7) is 4.25. The maximum Gasteiger partial charge on any atom is 0.165 e. The fourth-order valence-corrected chi connectivity index (χ4v) is 4.14. The van der Waals surface area contributed by atoms with Gasteiger partial charge in [-0.3, -0.25) is 9.78 Å². The molecule has 0 radical (unpaired) electrons. The fourth-order valence-electron chi connectivity index (χ4n) is 3.33. The Hall–Kier alpha value is -1.98. The number of H-pyrrole nitrogens is 1. The maximum absolute atomic E-state index is 12.8. The number of aromatic nitrogens is 3. The molecular formula is C18H16ClN3OS. The van der Waals surface area contributed by atoms with Crippen LogP contribution in [0.4, 0.5) is 0 Å². The quantitative estimate of drug-likeness (QED) is 0.701. The minimum absolute atomic E-state index is 0.0419. The normalized spacial score (nSPS) is 16.2. The van der Waals surface area contributed by atoms with Crippen LogP contribution in [0.1, 0.15) is 36.3 Å². The second kappa shape index (κ2) is 5.53. The highest BCUT2D eigenvalue weighted by molar-refractivity contribution is 7.13. The number of nitrogens with zero attached hydrogens (tertiary/aromatic N) is 2. The third kappa shape index (κ3) is 2.58. The molecule has 0 fully saturated rings. The Labute approximate surface area is 148 Å². The first kappa shape index (κ1) is 15.5. The van der Waals surface area contributed by atoms with E-state index in [1.54, 1.807) is 18.5 Å². The van der Waals surface area contributed by atoms with E-state index >= 15 is 0 Å². The molecule has 0 unspecified atom stereocenters. The molecule has 122 valence electrons. The number of carbonyl (C=O) groups excluding carboxylic acids is 1. The summed E-state index contributed by atoms with van der Waals surface area (Å²) in [5.74, 6) is 0.169. The first-order chi connectivity index (χ1) is 11.4. The largest absolute Gasteiger partial charge is 0.356 e. The molecule has 6 heteroatoms. The Kier molecular flexibility index (Phi) is 3.58. The van der Waals surface area contributed by atoms with Gasteiger partial charge in [-0.05, 0) is 24.0 Å². The topological polar surface area (TPSA) is 58.6 Å². The van der Waals surface area contributed by atoms with Gasteiger partial charge in [-0.25, -0.2) is 4.98 Å². The lowest BCUT2D eigenvalue weighted by molar-refractivity contribution is 0.0912. The van der Waals surface area contributed by atoms with Crippen LogP contribution in [0.3, 0.4) is 0 Å². The first-order valence-electron chi connectivity index (χ1n) is 7.74. The summed E-state index contributed by atoms with van der Waals surface area (Å²) in [4.78, 5) is 25.1. The maximum atomic E-state index is 12.8. The average Bonchev–Trinajstić information content (AvgIpc) is 3.13. The van der Waals surface area contributed by atoms with Crippen molar-refractivity contribution in [2.45, 2.75) is 26.7 Å². The molecule has 1 aliphatic carbocycles. The standard InChI is InChI=1S/C18H16ClN3OS/c1-18(2)7-12-14(13(23)8-18)15(17-20-5-6-24-17)16(22-12)11-4-3-10(19)9-21-11/h3-6,9,22H,7-8H2,1-2H3. The van der Waals surface area contributed by atoms with Gasteiger partial charge >= 0.3 is 0 Å². The molecule has 0 saturated carbocycles. The van der Waals surface area contributed by atoms with E-state index in [2.05, 4.69) is 28.8 Å². The number of hydrogen-bond donors (Lipinski definition) is 1. The van der Waals surface area contributed by atoms with Gasteiger partial charge in [-0.15, -0.1) is 11.3 Å². The van der Waals surface area contributed by atoms with Crippen LogP contribution in [0.2, 0.25) is 5.02 Å². The Morgan fingerprint density at radius 2 is 2.04 bits per heavy atom. The number of ketones is 1. The van der Waals surface area contributed by atoms with Gasteiger partial charge in [-0.1, -0.05) is 25.4 Å². The Morgan fingerprint density at radius 3 is 2.71 bits per heavy atom. The summed E-state index contributed by atoms with van der Waals surface area (Å²) >= 11 is 7.49. The number of hydrogen-bond acceptors (Lipinski definition) is 4. The molecule has 3 heterocycles. The van der Waals surface area contributed by atoms with E-state index < -0.39 is 0 Å². The summed E-state index contributed by atoms with van der Waals surface area (Å²) in [5, 5.41) is 3.35. The van der Waals surface area contributed by atoms with Crippen molar-refractivity contribution in [1.82, 2.24) is 15.0 Å². The lowest BCUT2D eigenvalue weighted by atomic mass is 9.75. The van der Waals surface area contributed by atoms with Crippen molar-refractivity contribution >= 4 is 28.7 Å². The molecule has 1 aliphatic rings. The predicted octanol–water partition coefficient (Wildman–Crippen LogP) is 5.01. The van der Waals surface area contributed by atoms with Gasteiger partial charge in [0.1, 0.15) is 5.01 Å². The van der Waals surface area contributed by atoms with Crippen LogP contribution in [-0.4, -0.2) is 20.7 Å². The molecule has 4 rings (SSSR count). The van der Waals surface area contributed by atoms with Crippen molar-refractivity contribution in [1.29, 1.82) is 0 Å². The van der Waals surface area contributed by atoms with Crippen LogP contribution in [0, 0.1) is 5.41 Å². The molecule has 1 N–H and O–H groups in total. The van der Waals surface area contributed by atoms with Crippen LogP contribution in [0.25, 0.3) is 22.0 Å². The van der Waals surface area contributed by atoms with Crippen molar-refractivity contribution in [3.05, 3.63) is 46.2 Å². The third-order valence-corrected chi connectivity index (χ3v) is 5.29. The summed E-state index contributed by atoms with van der Waals surface area (Å²) < 4.78 is 0. The number of thiazole rings is 1.